The smallest absolute Gasteiger partial charge is 0.0366 e. The Kier molecular flexibility index (Phi) is 4.47. The van der Waals surface area contributed by atoms with Gasteiger partial charge in [0.1, 0.15) is 0 Å². The summed E-state index contributed by atoms with van der Waals surface area (Å²) in [5.74, 6) is 0.964. The average Bonchev–Trinajstić information content (AvgIpc) is 2.40. The summed E-state index contributed by atoms with van der Waals surface area (Å²) < 4.78 is 0. The SMILES string of the molecule is CCCc1ccc(N2CCC(CC)CC2)cc1. The highest BCUT2D eigenvalue weighted by Crippen LogP contribution is 2.25. The summed E-state index contributed by atoms with van der Waals surface area (Å²) in [5.41, 5.74) is 2.89. The predicted octanol–water partition coefficient (Wildman–Crippen LogP) is 4.27. The average molecular weight is 231 g/mol. The molecule has 0 aliphatic carbocycles. The van der Waals surface area contributed by atoms with Crippen molar-refractivity contribution in [3.8, 4) is 0 Å². The Bertz CT molecular complexity index is 320. The summed E-state index contributed by atoms with van der Waals surface area (Å²) in [4.78, 5) is 2.54. The van der Waals surface area contributed by atoms with Crippen LogP contribution in [0.15, 0.2) is 24.3 Å². The maximum Gasteiger partial charge on any atom is 0.0366 e. The van der Waals surface area contributed by atoms with Crippen LogP contribution in [-0.2, 0) is 6.42 Å². The lowest BCUT2D eigenvalue weighted by Gasteiger charge is -2.33. The Labute approximate surface area is 106 Å². The molecule has 0 amide bonds. The lowest BCUT2D eigenvalue weighted by Crippen LogP contribution is -2.33. The number of piperidine rings is 1. The zero-order valence-electron chi connectivity index (χ0n) is 11.3. The summed E-state index contributed by atoms with van der Waals surface area (Å²) in [6.07, 6.45) is 6.53. The van der Waals surface area contributed by atoms with Gasteiger partial charge in [0.25, 0.3) is 0 Å². The van der Waals surface area contributed by atoms with Crippen molar-refractivity contribution in [2.24, 2.45) is 5.92 Å². The molecular formula is C16H25N. The van der Waals surface area contributed by atoms with E-state index in [0.29, 0.717) is 0 Å². The van der Waals surface area contributed by atoms with Crippen LogP contribution in [0.3, 0.4) is 0 Å². The van der Waals surface area contributed by atoms with Gasteiger partial charge >= 0.3 is 0 Å². The van der Waals surface area contributed by atoms with Gasteiger partial charge in [0.2, 0.25) is 0 Å². The lowest BCUT2D eigenvalue weighted by atomic mass is 9.94. The van der Waals surface area contributed by atoms with E-state index in [2.05, 4.69) is 43.0 Å². The first-order chi connectivity index (χ1) is 8.33. The van der Waals surface area contributed by atoms with E-state index in [9.17, 15) is 0 Å². The molecule has 1 saturated heterocycles. The van der Waals surface area contributed by atoms with Crippen LogP contribution in [0.1, 0.15) is 45.1 Å². The molecule has 1 heterocycles. The monoisotopic (exact) mass is 231 g/mol. The number of benzene rings is 1. The number of aryl methyl sites for hydroxylation is 1. The fourth-order valence-corrected chi connectivity index (χ4v) is 2.76. The van der Waals surface area contributed by atoms with Gasteiger partial charge in [-0.25, -0.2) is 0 Å². The number of nitrogens with zero attached hydrogens (tertiary/aromatic N) is 1. The fourth-order valence-electron chi connectivity index (χ4n) is 2.76. The highest BCUT2D eigenvalue weighted by Gasteiger charge is 2.17. The first-order valence-corrected chi connectivity index (χ1v) is 7.17. The zero-order valence-corrected chi connectivity index (χ0v) is 11.3. The molecule has 1 fully saturated rings. The molecule has 1 heteroatoms. The van der Waals surface area contributed by atoms with E-state index in [1.54, 1.807) is 0 Å². The minimum absolute atomic E-state index is 0.964. The Hall–Kier alpha value is -0.980. The zero-order chi connectivity index (χ0) is 12.1. The van der Waals surface area contributed by atoms with Crippen molar-refractivity contribution in [1.29, 1.82) is 0 Å². The molecule has 17 heavy (non-hydrogen) atoms. The molecule has 0 atom stereocenters. The quantitative estimate of drug-likeness (QED) is 0.748. The van der Waals surface area contributed by atoms with E-state index in [1.807, 2.05) is 0 Å². The van der Waals surface area contributed by atoms with Crippen molar-refractivity contribution in [2.45, 2.75) is 46.0 Å². The van der Waals surface area contributed by atoms with Gasteiger partial charge in [0.05, 0.1) is 0 Å². The molecule has 0 radical (unpaired) electrons. The second-order valence-corrected chi connectivity index (χ2v) is 5.26. The normalized spacial score (nSPS) is 17.4. The van der Waals surface area contributed by atoms with Crippen LogP contribution in [0.5, 0.6) is 0 Å². The molecule has 1 aliphatic rings. The largest absolute Gasteiger partial charge is 0.372 e. The van der Waals surface area contributed by atoms with E-state index in [1.165, 1.54) is 56.4 Å². The van der Waals surface area contributed by atoms with E-state index in [4.69, 9.17) is 0 Å². The van der Waals surface area contributed by atoms with E-state index in [0.717, 1.165) is 5.92 Å². The van der Waals surface area contributed by atoms with Crippen molar-refractivity contribution in [3.05, 3.63) is 29.8 Å². The van der Waals surface area contributed by atoms with Gasteiger partial charge in [-0.3, -0.25) is 0 Å². The molecule has 94 valence electrons. The van der Waals surface area contributed by atoms with Crippen LogP contribution < -0.4 is 4.90 Å². The number of rotatable bonds is 4. The van der Waals surface area contributed by atoms with Crippen LogP contribution >= 0.6 is 0 Å². The molecule has 1 aromatic rings. The summed E-state index contributed by atoms with van der Waals surface area (Å²) in [6, 6.07) is 9.20. The van der Waals surface area contributed by atoms with Gasteiger partial charge in [-0.05, 0) is 42.9 Å². The van der Waals surface area contributed by atoms with Crippen LogP contribution in [0.2, 0.25) is 0 Å². The summed E-state index contributed by atoms with van der Waals surface area (Å²) in [5, 5.41) is 0. The van der Waals surface area contributed by atoms with Crippen LogP contribution in [0.25, 0.3) is 0 Å². The van der Waals surface area contributed by atoms with Gasteiger partial charge in [0.15, 0.2) is 0 Å². The molecule has 0 saturated carbocycles. The third-order valence-corrected chi connectivity index (χ3v) is 4.03. The Morgan fingerprint density at radius 3 is 2.24 bits per heavy atom. The summed E-state index contributed by atoms with van der Waals surface area (Å²) >= 11 is 0. The van der Waals surface area contributed by atoms with Gasteiger partial charge in [-0.1, -0.05) is 38.8 Å². The minimum atomic E-state index is 0.964. The van der Waals surface area contributed by atoms with E-state index in [-0.39, 0.29) is 0 Å². The van der Waals surface area contributed by atoms with Gasteiger partial charge in [-0.15, -0.1) is 0 Å². The number of hydrogen-bond acceptors (Lipinski definition) is 1. The molecule has 0 N–H and O–H groups in total. The Morgan fingerprint density at radius 1 is 1.06 bits per heavy atom. The van der Waals surface area contributed by atoms with Gasteiger partial charge in [-0.2, -0.15) is 0 Å². The Balaban J connectivity index is 1.94. The number of hydrogen-bond donors (Lipinski definition) is 0. The Morgan fingerprint density at radius 2 is 1.71 bits per heavy atom. The third-order valence-electron chi connectivity index (χ3n) is 4.03. The molecule has 1 nitrogen and oxygen atoms in total. The van der Waals surface area contributed by atoms with Crippen LogP contribution in [0.4, 0.5) is 5.69 Å². The molecule has 0 spiro atoms. The number of anilines is 1. The van der Waals surface area contributed by atoms with Crippen molar-refractivity contribution in [1.82, 2.24) is 0 Å². The van der Waals surface area contributed by atoms with Crippen molar-refractivity contribution in [3.63, 3.8) is 0 Å². The maximum absolute atomic E-state index is 2.54. The summed E-state index contributed by atoms with van der Waals surface area (Å²) in [6.45, 7) is 7.04. The molecule has 1 aliphatic heterocycles. The van der Waals surface area contributed by atoms with Crippen molar-refractivity contribution < 1.29 is 0 Å². The van der Waals surface area contributed by atoms with E-state index < -0.39 is 0 Å². The standard InChI is InChI=1S/C16H25N/c1-3-5-15-6-8-16(9-7-15)17-12-10-14(4-2)11-13-17/h6-9,14H,3-5,10-13H2,1-2H3. The molecule has 1 aromatic carbocycles. The fraction of sp³-hybridized carbons (Fsp3) is 0.625. The topological polar surface area (TPSA) is 3.24 Å². The van der Waals surface area contributed by atoms with Gasteiger partial charge < -0.3 is 4.90 Å². The predicted molar refractivity (Wildman–Crippen MR) is 75.7 cm³/mol. The summed E-state index contributed by atoms with van der Waals surface area (Å²) in [7, 11) is 0. The van der Waals surface area contributed by atoms with E-state index >= 15 is 0 Å². The molecule has 0 unspecified atom stereocenters. The van der Waals surface area contributed by atoms with Crippen molar-refractivity contribution in [2.75, 3.05) is 18.0 Å². The minimum Gasteiger partial charge on any atom is -0.372 e. The molecule has 0 bridgehead atoms. The first-order valence-electron chi connectivity index (χ1n) is 7.17. The lowest BCUT2D eigenvalue weighted by molar-refractivity contribution is 0.395. The molecule has 2 rings (SSSR count). The maximum atomic E-state index is 2.54. The van der Waals surface area contributed by atoms with Crippen LogP contribution in [-0.4, -0.2) is 13.1 Å². The second-order valence-electron chi connectivity index (χ2n) is 5.26. The first kappa shape index (κ1) is 12.5. The van der Waals surface area contributed by atoms with Crippen LogP contribution in [0, 0.1) is 5.92 Å². The molecule has 0 aromatic heterocycles. The molecular weight excluding hydrogens is 206 g/mol. The second kappa shape index (κ2) is 6.09. The highest BCUT2D eigenvalue weighted by molar-refractivity contribution is 5.47. The highest BCUT2D eigenvalue weighted by atomic mass is 15.1. The third kappa shape index (κ3) is 3.24. The van der Waals surface area contributed by atoms with Gasteiger partial charge in [0, 0.05) is 18.8 Å². The van der Waals surface area contributed by atoms with Crippen molar-refractivity contribution >= 4 is 5.69 Å².